The molecule has 2 rings (SSSR count). The van der Waals surface area contributed by atoms with Crippen LogP contribution in [-0.2, 0) is 9.53 Å². The monoisotopic (exact) mass is 237 g/mol. The van der Waals surface area contributed by atoms with E-state index in [0.29, 0.717) is 13.0 Å². The number of halogens is 1. The number of hydrogen-bond donors (Lipinski definition) is 1. The molecule has 0 aromatic heterocycles. The third kappa shape index (κ3) is 2.82. The maximum absolute atomic E-state index is 13.1. The molecule has 1 heterocycles. The first-order chi connectivity index (χ1) is 8.20. The van der Waals surface area contributed by atoms with Gasteiger partial charge in [0.2, 0.25) is 0 Å². The van der Waals surface area contributed by atoms with Crippen LogP contribution in [0.25, 0.3) is 0 Å². The van der Waals surface area contributed by atoms with E-state index in [0.717, 1.165) is 12.1 Å². The molecule has 0 saturated carbocycles. The molecule has 0 bridgehead atoms. The Labute approximate surface area is 100.0 Å². The molecule has 17 heavy (non-hydrogen) atoms. The zero-order valence-corrected chi connectivity index (χ0v) is 9.78. The molecule has 92 valence electrons. The van der Waals surface area contributed by atoms with Crippen molar-refractivity contribution < 1.29 is 13.9 Å². The second kappa shape index (κ2) is 5.27. The highest BCUT2D eigenvalue weighted by molar-refractivity contribution is 5.72. The summed E-state index contributed by atoms with van der Waals surface area (Å²) in [6.07, 6.45) is 0.711. The van der Waals surface area contributed by atoms with Crippen LogP contribution in [0.15, 0.2) is 24.3 Å². The highest BCUT2D eigenvalue weighted by Crippen LogP contribution is 2.27. The minimum Gasteiger partial charge on any atom is -0.469 e. The van der Waals surface area contributed by atoms with E-state index in [-0.39, 0.29) is 23.6 Å². The predicted octanol–water partition coefficient (Wildman–Crippen LogP) is 1.69. The summed E-state index contributed by atoms with van der Waals surface area (Å²) < 4.78 is 17.9. The van der Waals surface area contributed by atoms with Crippen LogP contribution in [0, 0.1) is 11.7 Å². The van der Waals surface area contributed by atoms with E-state index in [1.54, 1.807) is 6.07 Å². The van der Waals surface area contributed by atoms with Gasteiger partial charge in [-0.25, -0.2) is 4.39 Å². The van der Waals surface area contributed by atoms with Crippen molar-refractivity contribution in [2.24, 2.45) is 5.92 Å². The summed E-state index contributed by atoms with van der Waals surface area (Å²) in [6, 6.07) is 6.56. The van der Waals surface area contributed by atoms with Crippen molar-refractivity contribution in [2.45, 2.75) is 12.3 Å². The van der Waals surface area contributed by atoms with Gasteiger partial charge < -0.3 is 10.1 Å². The van der Waals surface area contributed by atoms with Gasteiger partial charge >= 0.3 is 5.97 Å². The summed E-state index contributed by atoms with van der Waals surface area (Å²) in [5.74, 6) is -0.396. The maximum Gasteiger partial charge on any atom is 0.309 e. The Balaban J connectivity index is 2.09. The maximum atomic E-state index is 13.1. The predicted molar refractivity (Wildman–Crippen MR) is 62.1 cm³/mol. The van der Waals surface area contributed by atoms with Crippen molar-refractivity contribution in [1.29, 1.82) is 0 Å². The fourth-order valence-electron chi connectivity index (χ4n) is 2.30. The number of benzene rings is 1. The molecule has 0 aliphatic carbocycles. The van der Waals surface area contributed by atoms with Gasteiger partial charge in [-0.1, -0.05) is 12.1 Å². The molecule has 1 aliphatic heterocycles. The van der Waals surface area contributed by atoms with Crippen LogP contribution >= 0.6 is 0 Å². The molecule has 1 aromatic carbocycles. The first-order valence-corrected chi connectivity index (χ1v) is 5.74. The van der Waals surface area contributed by atoms with E-state index in [1.807, 2.05) is 6.07 Å². The normalized spacial score (nSPS) is 24.4. The Morgan fingerprint density at radius 2 is 2.29 bits per heavy atom. The lowest BCUT2D eigenvalue weighted by atomic mass is 9.85. The molecule has 3 nitrogen and oxygen atoms in total. The summed E-state index contributed by atoms with van der Waals surface area (Å²) in [5, 5.41) is 3.19. The average molecular weight is 237 g/mol. The Morgan fingerprint density at radius 1 is 1.47 bits per heavy atom. The number of nitrogens with one attached hydrogen (secondary N) is 1. The van der Waals surface area contributed by atoms with Crippen molar-refractivity contribution in [3.63, 3.8) is 0 Å². The summed E-state index contributed by atoms with van der Waals surface area (Å²) in [7, 11) is 1.40. The number of methoxy groups -OCH3 is 1. The fourth-order valence-corrected chi connectivity index (χ4v) is 2.30. The topological polar surface area (TPSA) is 38.3 Å². The zero-order chi connectivity index (χ0) is 12.3. The van der Waals surface area contributed by atoms with Crippen molar-refractivity contribution in [1.82, 2.24) is 5.32 Å². The first-order valence-electron chi connectivity index (χ1n) is 5.74. The SMILES string of the molecule is COC(=O)[C@H]1CNC[C@H](c2cccc(F)c2)C1. The zero-order valence-electron chi connectivity index (χ0n) is 9.78. The van der Waals surface area contributed by atoms with Crippen molar-refractivity contribution in [3.05, 3.63) is 35.6 Å². The molecule has 2 atom stereocenters. The minimum absolute atomic E-state index is 0.137. The number of rotatable bonds is 2. The molecule has 1 aromatic rings. The number of piperidine rings is 1. The van der Waals surface area contributed by atoms with Gasteiger partial charge in [-0.2, -0.15) is 0 Å². The third-order valence-corrected chi connectivity index (χ3v) is 3.21. The smallest absolute Gasteiger partial charge is 0.309 e. The fraction of sp³-hybridized carbons (Fsp3) is 0.462. The largest absolute Gasteiger partial charge is 0.469 e. The van der Waals surface area contributed by atoms with E-state index in [9.17, 15) is 9.18 Å². The highest BCUT2D eigenvalue weighted by atomic mass is 19.1. The molecule has 1 aliphatic rings. The molecule has 0 spiro atoms. The van der Waals surface area contributed by atoms with Gasteiger partial charge in [-0.15, -0.1) is 0 Å². The number of esters is 1. The van der Waals surface area contributed by atoms with Gasteiger partial charge in [0.15, 0.2) is 0 Å². The van der Waals surface area contributed by atoms with E-state index in [1.165, 1.54) is 19.2 Å². The second-order valence-corrected chi connectivity index (χ2v) is 4.37. The van der Waals surface area contributed by atoms with Crippen LogP contribution in [0.4, 0.5) is 4.39 Å². The lowest BCUT2D eigenvalue weighted by Gasteiger charge is -2.28. The van der Waals surface area contributed by atoms with Crippen LogP contribution < -0.4 is 5.32 Å². The van der Waals surface area contributed by atoms with E-state index < -0.39 is 0 Å². The Bertz CT molecular complexity index is 408. The number of carbonyl (C=O) groups excluding carboxylic acids is 1. The molecule has 1 saturated heterocycles. The average Bonchev–Trinajstić information content (AvgIpc) is 2.38. The molecule has 0 radical (unpaired) electrons. The van der Waals surface area contributed by atoms with E-state index in [2.05, 4.69) is 5.32 Å². The number of ether oxygens (including phenoxy) is 1. The number of hydrogen-bond acceptors (Lipinski definition) is 3. The third-order valence-electron chi connectivity index (χ3n) is 3.21. The standard InChI is InChI=1S/C13H16FNO2/c1-17-13(16)11-5-10(7-15-8-11)9-3-2-4-12(14)6-9/h2-4,6,10-11,15H,5,7-8H2,1H3/t10-,11-/m1/s1. The van der Waals surface area contributed by atoms with Crippen LogP contribution in [0.2, 0.25) is 0 Å². The van der Waals surface area contributed by atoms with Crippen molar-refractivity contribution in [2.75, 3.05) is 20.2 Å². The molecule has 1 fully saturated rings. The second-order valence-electron chi connectivity index (χ2n) is 4.37. The molecular formula is C13H16FNO2. The molecule has 1 N–H and O–H groups in total. The lowest BCUT2D eigenvalue weighted by molar-refractivity contribution is -0.146. The van der Waals surface area contributed by atoms with Gasteiger partial charge in [0, 0.05) is 13.1 Å². The van der Waals surface area contributed by atoms with Crippen molar-refractivity contribution >= 4 is 5.97 Å². The van der Waals surface area contributed by atoms with Gasteiger partial charge in [0.25, 0.3) is 0 Å². The Hall–Kier alpha value is -1.42. The summed E-state index contributed by atoms with van der Waals surface area (Å²) in [5.41, 5.74) is 0.936. The molecular weight excluding hydrogens is 221 g/mol. The van der Waals surface area contributed by atoms with Crippen LogP contribution in [-0.4, -0.2) is 26.2 Å². The van der Waals surface area contributed by atoms with Crippen LogP contribution in [0.3, 0.4) is 0 Å². The highest BCUT2D eigenvalue weighted by Gasteiger charge is 2.28. The minimum atomic E-state index is -0.234. The summed E-state index contributed by atoms with van der Waals surface area (Å²) in [6.45, 7) is 1.41. The Morgan fingerprint density at radius 3 is 3.00 bits per heavy atom. The van der Waals surface area contributed by atoms with E-state index >= 15 is 0 Å². The van der Waals surface area contributed by atoms with Gasteiger partial charge in [0.05, 0.1) is 13.0 Å². The Kier molecular flexibility index (Phi) is 3.74. The lowest BCUT2D eigenvalue weighted by Crippen LogP contribution is -2.39. The first kappa shape index (κ1) is 12.0. The van der Waals surface area contributed by atoms with Crippen LogP contribution in [0.5, 0.6) is 0 Å². The van der Waals surface area contributed by atoms with Crippen molar-refractivity contribution in [3.8, 4) is 0 Å². The molecule has 4 heteroatoms. The van der Waals surface area contributed by atoms with Gasteiger partial charge in [-0.05, 0) is 30.0 Å². The van der Waals surface area contributed by atoms with Gasteiger partial charge in [0.1, 0.15) is 5.82 Å². The summed E-state index contributed by atoms with van der Waals surface area (Å²) in [4.78, 5) is 11.5. The van der Waals surface area contributed by atoms with Crippen LogP contribution in [0.1, 0.15) is 17.9 Å². The quantitative estimate of drug-likeness (QED) is 0.795. The summed E-state index contributed by atoms with van der Waals surface area (Å²) >= 11 is 0. The number of carbonyl (C=O) groups is 1. The molecule has 0 unspecified atom stereocenters. The van der Waals surface area contributed by atoms with E-state index in [4.69, 9.17) is 4.74 Å². The molecule has 0 amide bonds. The van der Waals surface area contributed by atoms with Gasteiger partial charge in [-0.3, -0.25) is 4.79 Å².